The Hall–Kier alpha value is -1.84. The number of rotatable bonds is 5. The number of fused-ring (bicyclic) bond motifs is 1. The Labute approximate surface area is 138 Å². The van der Waals surface area contributed by atoms with Gasteiger partial charge in [-0.25, -0.2) is 0 Å². The maximum atomic E-state index is 10.3. The van der Waals surface area contributed by atoms with Gasteiger partial charge in [0.05, 0.1) is 0 Å². The Morgan fingerprint density at radius 3 is 2.52 bits per heavy atom. The molecule has 122 valence electrons. The van der Waals surface area contributed by atoms with Crippen LogP contribution in [0.3, 0.4) is 0 Å². The van der Waals surface area contributed by atoms with E-state index in [9.17, 15) is 5.11 Å². The molecule has 3 nitrogen and oxygen atoms in total. The second kappa shape index (κ2) is 7.16. The Kier molecular flexibility index (Phi) is 4.99. The molecule has 1 N–H and O–H groups in total. The van der Waals surface area contributed by atoms with Crippen LogP contribution in [0.5, 0.6) is 5.75 Å². The van der Waals surface area contributed by atoms with Crippen molar-refractivity contribution in [3.8, 4) is 5.75 Å². The van der Waals surface area contributed by atoms with Crippen molar-refractivity contribution in [1.29, 1.82) is 0 Å². The lowest BCUT2D eigenvalue weighted by molar-refractivity contribution is 0.0637. The van der Waals surface area contributed by atoms with Crippen molar-refractivity contribution in [2.45, 2.75) is 32.9 Å². The maximum Gasteiger partial charge on any atom is 0.119 e. The van der Waals surface area contributed by atoms with Gasteiger partial charge in [0.1, 0.15) is 18.5 Å². The summed E-state index contributed by atoms with van der Waals surface area (Å²) in [4.78, 5) is 2.30. The molecule has 0 aromatic heterocycles. The Bertz CT molecular complexity index is 648. The van der Waals surface area contributed by atoms with Crippen LogP contribution in [0, 0.1) is 13.8 Å². The number of hydrogen-bond acceptors (Lipinski definition) is 3. The number of ether oxygens (including phenoxy) is 1. The third-order valence-electron chi connectivity index (χ3n) is 4.32. The van der Waals surface area contributed by atoms with Crippen LogP contribution in [0.2, 0.25) is 0 Å². The van der Waals surface area contributed by atoms with Crippen LogP contribution in [0.1, 0.15) is 22.3 Å². The van der Waals surface area contributed by atoms with E-state index in [0.717, 1.165) is 25.3 Å². The van der Waals surface area contributed by atoms with Gasteiger partial charge in [-0.1, -0.05) is 30.3 Å². The highest BCUT2D eigenvalue weighted by atomic mass is 16.5. The molecule has 0 radical (unpaired) electrons. The molecule has 1 unspecified atom stereocenters. The summed E-state index contributed by atoms with van der Waals surface area (Å²) < 4.78 is 5.76. The molecule has 0 amide bonds. The van der Waals surface area contributed by atoms with Crippen molar-refractivity contribution < 1.29 is 9.84 Å². The fourth-order valence-electron chi connectivity index (χ4n) is 3.27. The predicted octanol–water partition coefficient (Wildman–Crippen LogP) is 3.10. The van der Waals surface area contributed by atoms with Crippen LogP contribution >= 0.6 is 0 Å². The van der Waals surface area contributed by atoms with Crippen LogP contribution in [0.4, 0.5) is 0 Å². The van der Waals surface area contributed by atoms with Gasteiger partial charge in [-0.3, -0.25) is 4.90 Å². The number of aryl methyl sites for hydroxylation is 2. The minimum atomic E-state index is -0.471. The van der Waals surface area contributed by atoms with E-state index in [1.165, 1.54) is 22.3 Å². The van der Waals surface area contributed by atoms with E-state index in [0.29, 0.717) is 13.2 Å². The van der Waals surface area contributed by atoms with Gasteiger partial charge in [0.15, 0.2) is 0 Å². The lowest BCUT2D eigenvalue weighted by atomic mass is 10.00. The van der Waals surface area contributed by atoms with Gasteiger partial charge in [0, 0.05) is 19.6 Å². The number of benzene rings is 2. The van der Waals surface area contributed by atoms with Gasteiger partial charge in [-0.15, -0.1) is 0 Å². The lowest BCUT2D eigenvalue weighted by Gasteiger charge is -2.30. The normalized spacial score (nSPS) is 16.0. The zero-order chi connectivity index (χ0) is 16.2. The molecule has 1 aliphatic rings. The SMILES string of the molecule is Cc1cc(C)cc(OCC(O)CN2CCc3ccccc3C2)c1. The van der Waals surface area contributed by atoms with E-state index >= 15 is 0 Å². The summed E-state index contributed by atoms with van der Waals surface area (Å²) in [6.45, 7) is 7.01. The van der Waals surface area contributed by atoms with Gasteiger partial charge in [-0.05, 0) is 54.7 Å². The number of aliphatic hydroxyl groups excluding tert-OH is 1. The average Bonchev–Trinajstić information content (AvgIpc) is 2.52. The van der Waals surface area contributed by atoms with E-state index in [2.05, 4.69) is 49.1 Å². The Morgan fingerprint density at radius 2 is 1.78 bits per heavy atom. The molecule has 0 saturated heterocycles. The molecule has 1 heterocycles. The van der Waals surface area contributed by atoms with Crippen LogP contribution < -0.4 is 4.74 Å². The minimum Gasteiger partial charge on any atom is -0.491 e. The first-order valence-electron chi connectivity index (χ1n) is 8.28. The van der Waals surface area contributed by atoms with Gasteiger partial charge >= 0.3 is 0 Å². The summed E-state index contributed by atoms with van der Waals surface area (Å²) in [7, 11) is 0. The highest BCUT2D eigenvalue weighted by molar-refractivity contribution is 5.33. The van der Waals surface area contributed by atoms with E-state index in [-0.39, 0.29) is 0 Å². The van der Waals surface area contributed by atoms with Crippen LogP contribution in [-0.4, -0.2) is 35.8 Å². The van der Waals surface area contributed by atoms with Crippen molar-refractivity contribution in [2.24, 2.45) is 0 Å². The van der Waals surface area contributed by atoms with Crippen LogP contribution in [-0.2, 0) is 13.0 Å². The topological polar surface area (TPSA) is 32.7 Å². The number of aliphatic hydroxyl groups is 1. The quantitative estimate of drug-likeness (QED) is 0.921. The van der Waals surface area contributed by atoms with E-state index < -0.39 is 6.10 Å². The smallest absolute Gasteiger partial charge is 0.119 e. The summed E-state index contributed by atoms with van der Waals surface area (Å²) in [5, 5.41) is 10.3. The molecule has 0 bridgehead atoms. The minimum absolute atomic E-state index is 0.334. The molecule has 0 spiro atoms. The second-order valence-electron chi connectivity index (χ2n) is 6.54. The van der Waals surface area contributed by atoms with Crippen molar-refractivity contribution in [2.75, 3.05) is 19.7 Å². The average molecular weight is 311 g/mol. The molecular weight excluding hydrogens is 286 g/mol. The standard InChI is InChI=1S/C20H25NO2/c1-15-9-16(2)11-20(10-15)23-14-19(22)13-21-8-7-17-5-3-4-6-18(17)12-21/h3-6,9-11,19,22H,7-8,12-14H2,1-2H3. The monoisotopic (exact) mass is 311 g/mol. The molecule has 2 aromatic rings. The zero-order valence-corrected chi connectivity index (χ0v) is 14.0. The number of β-amino-alcohol motifs (C(OH)–C–C–N with tert-alkyl or cyclic N) is 1. The Morgan fingerprint density at radius 1 is 1.09 bits per heavy atom. The number of hydrogen-bond donors (Lipinski definition) is 1. The molecule has 0 saturated carbocycles. The predicted molar refractivity (Wildman–Crippen MR) is 92.8 cm³/mol. The third kappa shape index (κ3) is 4.34. The van der Waals surface area contributed by atoms with Crippen LogP contribution in [0.25, 0.3) is 0 Å². The lowest BCUT2D eigenvalue weighted by Crippen LogP contribution is -2.38. The zero-order valence-electron chi connectivity index (χ0n) is 14.0. The highest BCUT2D eigenvalue weighted by Gasteiger charge is 2.18. The summed E-state index contributed by atoms with van der Waals surface area (Å²) in [5.74, 6) is 0.838. The third-order valence-corrected chi connectivity index (χ3v) is 4.32. The summed E-state index contributed by atoms with van der Waals surface area (Å²) in [6, 6.07) is 14.7. The van der Waals surface area contributed by atoms with Gasteiger partial charge in [0.25, 0.3) is 0 Å². The fraction of sp³-hybridized carbons (Fsp3) is 0.400. The largest absolute Gasteiger partial charge is 0.491 e. The first kappa shape index (κ1) is 16.0. The van der Waals surface area contributed by atoms with E-state index in [1.807, 2.05) is 12.1 Å². The maximum absolute atomic E-state index is 10.3. The van der Waals surface area contributed by atoms with Gasteiger partial charge in [-0.2, -0.15) is 0 Å². The second-order valence-corrected chi connectivity index (χ2v) is 6.54. The molecule has 3 rings (SSSR count). The highest BCUT2D eigenvalue weighted by Crippen LogP contribution is 2.19. The molecule has 1 aliphatic heterocycles. The van der Waals surface area contributed by atoms with Gasteiger partial charge in [0.2, 0.25) is 0 Å². The van der Waals surface area contributed by atoms with Crippen molar-refractivity contribution in [3.05, 3.63) is 64.7 Å². The molecule has 23 heavy (non-hydrogen) atoms. The summed E-state index contributed by atoms with van der Waals surface area (Å²) in [5.41, 5.74) is 5.18. The molecular formula is C20H25NO2. The van der Waals surface area contributed by atoms with Crippen molar-refractivity contribution >= 4 is 0 Å². The van der Waals surface area contributed by atoms with Crippen LogP contribution in [0.15, 0.2) is 42.5 Å². The molecule has 0 fully saturated rings. The summed E-state index contributed by atoms with van der Waals surface area (Å²) in [6.07, 6.45) is 0.585. The molecule has 3 heteroatoms. The van der Waals surface area contributed by atoms with Crippen molar-refractivity contribution in [1.82, 2.24) is 4.90 Å². The fourth-order valence-corrected chi connectivity index (χ4v) is 3.27. The van der Waals surface area contributed by atoms with E-state index in [1.54, 1.807) is 0 Å². The molecule has 2 aromatic carbocycles. The Balaban J connectivity index is 1.51. The van der Waals surface area contributed by atoms with Crippen molar-refractivity contribution in [3.63, 3.8) is 0 Å². The number of nitrogens with zero attached hydrogens (tertiary/aromatic N) is 1. The molecule has 1 atom stereocenters. The first-order valence-corrected chi connectivity index (χ1v) is 8.28. The van der Waals surface area contributed by atoms with Gasteiger partial charge < -0.3 is 9.84 Å². The van der Waals surface area contributed by atoms with E-state index in [4.69, 9.17) is 4.74 Å². The summed E-state index contributed by atoms with van der Waals surface area (Å²) >= 11 is 0. The first-order chi connectivity index (χ1) is 11.1. The molecule has 0 aliphatic carbocycles.